The summed E-state index contributed by atoms with van der Waals surface area (Å²) < 4.78 is 3.64. The Kier molecular flexibility index (Phi) is 6.11. The number of amides is 1. The third kappa shape index (κ3) is 3.93. The van der Waals surface area contributed by atoms with Crippen molar-refractivity contribution >= 4 is 24.0 Å². The molecule has 1 saturated heterocycles. The van der Waals surface area contributed by atoms with Crippen molar-refractivity contribution < 1.29 is 4.79 Å². The molecule has 3 aromatic rings. The highest BCUT2D eigenvalue weighted by molar-refractivity contribution is 6.04. The molecule has 1 aromatic carbocycles. The second-order valence-electron chi connectivity index (χ2n) is 6.82. The molecule has 2 N–H and O–H groups in total. The van der Waals surface area contributed by atoms with E-state index in [1.165, 1.54) is 0 Å². The highest BCUT2D eigenvalue weighted by Crippen LogP contribution is 2.23. The SMILES string of the molecule is Cc1ccn(-c2ccccc2NC(=O)c2nnn(C3CCNCC3)c2C)n1.Cl. The van der Waals surface area contributed by atoms with Crippen LogP contribution in [0.2, 0.25) is 0 Å². The predicted molar refractivity (Wildman–Crippen MR) is 109 cm³/mol. The molecule has 0 atom stereocenters. The van der Waals surface area contributed by atoms with Crippen LogP contribution >= 0.6 is 12.4 Å². The Labute approximate surface area is 169 Å². The number of aromatic nitrogens is 5. The van der Waals surface area contributed by atoms with E-state index in [9.17, 15) is 4.79 Å². The van der Waals surface area contributed by atoms with Crippen molar-refractivity contribution in [3.8, 4) is 5.69 Å². The Hall–Kier alpha value is -2.71. The smallest absolute Gasteiger partial charge is 0.278 e. The molecule has 0 unspecified atom stereocenters. The summed E-state index contributed by atoms with van der Waals surface area (Å²) in [5, 5.41) is 19.1. The molecule has 9 heteroatoms. The molecular formula is C19H24ClN7O. The van der Waals surface area contributed by atoms with E-state index in [4.69, 9.17) is 0 Å². The fraction of sp³-hybridized carbons (Fsp3) is 0.368. The highest BCUT2D eigenvalue weighted by Gasteiger charge is 2.23. The number of carbonyl (C=O) groups excluding carboxylic acids is 1. The molecule has 0 aliphatic carbocycles. The fourth-order valence-electron chi connectivity index (χ4n) is 3.46. The number of halogens is 1. The topological polar surface area (TPSA) is 89.7 Å². The molecule has 0 spiro atoms. The van der Waals surface area contributed by atoms with Gasteiger partial charge in [-0.2, -0.15) is 5.10 Å². The third-order valence-electron chi connectivity index (χ3n) is 4.92. The van der Waals surface area contributed by atoms with Crippen LogP contribution in [0, 0.1) is 13.8 Å². The first-order chi connectivity index (χ1) is 13.1. The average Bonchev–Trinajstić information content (AvgIpc) is 3.28. The van der Waals surface area contributed by atoms with Crippen molar-refractivity contribution in [2.75, 3.05) is 18.4 Å². The summed E-state index contributed by atoms with van der Waals surface area (Å²) in [5.74, 6) is -0.260. The lowest BCUT2D eigenvalue weighted by Gasteiger charge is -2.23. The second-order valence-corrected chi connectivity index (χ2v) is 6.82. The number of anilines is 1. The monoisotopic (exact) mass is 401 g/mol. The van der Waals surface area contributed by atoms with Crippen LogP contribution < -0.4 is 10.6 Å². The van der Waals surface area contributed by atoms with Gasteiger partial charge in [0.15, 0.2) is 5.69 Å². The third-order valence-corrected chi connectivity index (χ3v) is 4.92. The number of hydrogen-bond acceptors (Lipinski definition) is 5. The number of carbonyl (C=O) groups is 1. The summed E-state index contributed by atoms with van der Waals surface area (Å²) in [6.07, 6.45) is 3.86. The average molecular weight is 402 g/mol. The van der Waals surface area contributed by atoms with Crippen LogP contribution in [0.1, 0.15) is 40.8 Å². The van der Waals surface area contributed by atoms with Gasteiger partial charge < -0.3 is 10.6 Å². The van der Waals surface area contributed by atoms with E-state index in [1.807, 2.05) is 55.1 Å². The zero-order chi connectivity index (χ0) is 18.8. The van der Waals surface area contributed by atoms with Crippen molar-refractivity contribution in [1.82, 2.24) is 30.1 Å². The Morgan fingerprint density at radius 2 is 1.93 bits per heavy atom. The number of para-hydroxylation sites is 2. The van der Waals surface area contributed by atoms with Crippen LogP contribution in [0.25, 0.3) is 5.69 Å². The van der Waals surface area contributed by atoms with Crippen molar-refractivity contribution in [2.45, 2.75) is 32.7 Å². The molecule has 1 fully saturated rings. The van der Waals surface area contributed by atoms with Gasteiger partial charge in [0.1, 0.15) is 0 Å². The highest BCUT2D eigenvalue weighted by atomic mass is 35.5. The first-order valence-corrected chi connectivity index (χ1v) is 9.19. The number of benzene rings is 1. The van der Waals surface area contributed by atoms with Gasteiger partial charge in [0.05, 0.1) is 28.8 Å². The summed E-state index contributed by atoms with van der Waals surface area (Å²) in [5.41, 5.74) is 3.56. The van der Waals surface area contributed by atoms with Gasteiger partial charge in [0, 0.05) is 6.20 Å². The fourth-order valence-corrected chi connectivity index (χ4v) is 3.46. The van der Waals surface area contributed by atoms with Gasteiger partial charge in [-0.25, -0.2) is 9.36 Å². The van der Waals surface area contributed by atoms with E-state index in [0.717, 1.165) is 43.0 Å². The molecule has 2 aromatic heterocycles. The lowest BCUT2D eigenvalue weighted by molar-refractivity contribution is 0.102. The van der Waals surface area contributed by atoms with Crippen LogP contribution in [-0.2, 0) is 0 Å². The van der Waals surface area contributed by atoms with E-state index < -0.39 is 0 Å². The Balaban J connectivity index is 0.00000225. The molecule has 1 aliphatic rings. The number of rotatable bonds is 4. The molecule has 1 amide bonds. The molecule has 148 valence electrons. The number of aryl methyl sites for hydroxylation is 1. The molecule has 0 saturated carbocycles. The Bertz CT molecular complexity index is 959. The summed E-state index contributed by atoms with van der Waals surface area (Å²) in [4.78, 5) is 12.9. The van der Waals surface area contributed by atoms with Crippen LogP contribution in [-0.4, -0.2) is 43.8 Å². The number of hydrogen-bond donors (Lipinski definition) is 2. The maximum Gasteiger partial charge on any atom is 0.278 e. The molecule has 8 nitrogen and oxygen atoms in total. The molecule has 0 radical (unpaired) electrons. The minimum Gasteiger partial charge on any atom is -0.319 e. The van der Waals surface area contributed by atoms with Crippen molar-refractivity contribution in [1.29, 1.82) is 0 Å². The van der Waals surface area contributed by atoms with Crippen LogP contribution in [0.4, 0.5) is 5.69 Å². The molecule has 0 bridgehead atoms. The lowest BCUT2D eigenvalue weighted by Crippen LogP contribution is -2.30. The van der Waals surface area contributed by atoms with Crippen LogP contribution in [0.5, 0.6) is 0 Å². The van der Waals surface area contributed by atoms with E-state index in [0.29, 0.717) is 17.4 Å². The Morgan fingerprint density at radius 3 is 2.64 bits per heavy atom. The van der Waals surface area contributed by atoms with Gasteiger partial charge in [0.25, 0.3) is 5.91 Å². The molecule has 3 heterocycles. The van der Waals surface area contributed by atoms with Crippen LogP contribution in [0.15, 0.2) is 36.5 Å². The maximum atomic E-state index is 12.9. The molecule has 4 rings (SSSR count). The van der Waals surface area contributed by atoms with Gasteiger partial charge in [-0.05, 0) is 58.0 Å². The number of piperidine rings is 1. The van der Waals surface area contributed by atoms with Gasteiger partial charge in [-0.1, -0.05) is 17.3 Å². The minimum atomic E-state index is -0.260. The summed E-state index contributed by atoms with van der Waals surface area (Å²) >= 11 is 0. The van der Waals surface area contributed by atoms with Crippen molar-refractivity contribution in [3.63, 3.8) is 0 Å². The van der Waals surface area contributed by atoms with E-state index in [1.54, 1.807) is 4.68 Å². The lowest BCUT2D eigenvalue weighted by atomic mass is 10.1. The molecule has 1 aliphatic heterocycles. The normalized spacial score (nSPS) is 14.5. The Morgan fingerprint density at radius 1 is 1.18 bits per heavy atom. The van der Waals surface area contributed by atoms with Crippen LogP contribution in [0.3, 0.4) is 0 Å². The first-order valence-electron chi connectivity index (χ1n) is 9.19. The van der Waals surface area contributed by atoms with E-state index in [-0.39, 0.29) is 18.3 Å². The molecular weight excluding hydrogens is 378 g/mol. The van der Waals surface area contributed by atoms with Crippen molar-refractivity contribution in [2.24, 2.45) is 0 Å². The first kappa shape index (κ1) is 20.0. The van der Waals surface area contributed by atoms with Gasteiger partial charge in [-0.15, -0.1) is 17.5 Å². The van der Waals surface area contributed by atoms with Crippen molar-refractivity contribution in [3.05, 3.63) is 53.6 Å². The zero-order valence-corrected chi connectivity index (χ0v) is 16.7. The van der Waals surface area contributed by atoms with E-state index >= 15 is 0 Å². The minimum absolute atomic E-state index is 0. The number of nitrogens with zero attached hydrogens (tertiary/aromatic N) is 5. The maximum absolute atomic E-state index is 12.9. The second kappa shape index (κ2) is 8.53. The summed E-state index contributed by atoms with van der Waals surface area (Å²) in [6, 6.07) is 9.79. The largest absolute Gasteiger partial charge is 0.319 e. The predicted octanol–water partition coefficient (Wildman–Crippen LogP) is 2.68. The van der Waals surface area contributed by atoms with Gasteiger partial charge in [-0.3, -0.25) is 4.79 Å². The van der Waals surface area contributed by atoms with E-state index in [2.05, 4.69) is 26.0 Å². The molecule has 28 heavy (non-hydrogen) atoms. The van der Waals surface area contributed by atoms with Gasteiger partial charge in [0.2, 0.25) is 0 Å². The zero-order valence-electron chi connectivity index (χ0n) is 15.9. The van der Waals surface area contributed by atoms with Gasteiger partial charge >= 0.3 is 0 Å². The summed E-state index contributed by atoms with van der Waals surface area (Å²) in [6.45, 7) is 5.75. The summed E-state index contributed by atoms with van der Waals surface area (Å²) in [7, 11) is 0. The standard InChI is InChI=1S/C19H23N7O.ClH/c1-13-9-12-25(23-13)17-6-4-3-5-16(17)21-19(27)18-14(2)26(24-22-18)15-7-10-20-11-8-15;/h3-6,9,12,15,20H,7-8,10-11H2,1-2H3,(H,21,27);1H. The quantitative estimate of drug-likeness (QED) is 0.701. The number of nitrogens with one attached hydrogen (secondary N) is 2.